The normalized spacial score (nSPS) is 12.5. The van der Waals surface area contributed by atoms with Crippen LogP contribution in [-0.2, 0) is 0 Å². The molecule has 2 aromatic heterocycles. The van der Waals surface area contributed by atoms with Gasteiger partial charge in [-0.3, -0.25) is 0 Å². The molecule has 0 aliphatic carbocycles. The molecule has 2 rings (SSSR count). The minimum absolute atomic E-state index is 0.00550. The number of pyridine rings is 1. The summed E-state index contributed by atoms with van der Waals surface area (Å²) in [4.78, 5) is 8.51. The van der Waals surface area contributed by atoms with E-state index in [2.05, 4.69) is 15.3 Å². The number of aromatic nitrogens is 2. The summed E-state index contributed by atoms with van der Waals surface area (Å²) in [5.74, 6) is 0.506. The van der Waals surface area contributed by atoms with Gasteiger partial charge in [0.1, 0.15) is 16.0 Å². The van der Waals surface area contributed by atoms with Gasteiger partial charge < -0.3 is 5.32 Å². The fourth-order valence-corrected chi connectivity index (χ4v) is 2.74. The van der Waals surface area contributed by atoms with Crippen molar-refractivity contribution < 1.29 is 0 Å². The van der Waals surface area contributed by atoms with E-state index < -0.39 is 0 Å². The highest BCUT2D eigenvalue weighted by atomic mass is 35.5. The van der Waals surface area contributed by atoms with Crippen LogP contribution >= 0.6 is 46.1 Å². The standard InChI is InChI=1S/C11H10Cl3N3S/c1-5-4-18-11(15-5)6(2)16-10-8(13)3-7(12)9(14)17-10/h3-4,6H,1-2H3,(H,16,17). The molecule has 1 atom stereocenters. The molecule has 0 saturated carbocycles. The summed E-state index contributed by atoms with van der Waals surface area (Å²) in [6, 6.07) is 1.58. The van der Waals surface area contributed by atoms with Crippen LogP contribution in [0.3, 0.4) is 0 Å². The van der Waals surface area contributed by atoms with Gasteiger partial charge in [-0.15, -0.1) is 11.3 Å². The fourth-order valence-electron chi connectivity index (χ4n) is 1.38. The second-order valence-corrected chi connectivity index (χ2v) is 5.85. The summed E-state index contributed by atoms with van der Waals surface area (Å²) >= 11 is 19.3. The van der Waals surface area contributed by atoms with Crippen LogP contribution < -0.4 is 5.32 Å². The predicted octanol–water partition coefficient (Wildman–Crippen LogP) is 4.98. The summed E-state index contributed by atoms with van der Waals surface area (Å²) in [6.07, 6.45) is 0. The summed E-state index contributed by atoms with van der Waals surface area (Å²) in [5, 5.41) is 7.14. The maximum Gasteiger partial charge on any atom is 0.150 e. The van der Waals surface area contributed by atoms with E-state index in [1.165, 1.54) is 0 Å². The number of halogens is 3. The van der Waals surface area contributed by atoms with Gasteiger partial charge in [0.05, 0.1) is 16.1 Å². The van der Waals surface area contributed by atoms with Crippen LogP contribution in [0.15, 0.2) is 11.4 Å². The third-order valence-corrected chi connectivity index (χ3v) is 4.35. The number of hydrogen-bond acceptors (Lipinski definition) is 4. The fraction of sp³-hybridized carbons (Fsp3) is 0.273. The topological polar surface area (TPSA) is 37.8 Å². The van der Waals surface area contributed by atoms with E-state index in [4.69, 9.17) is 34.8 Å². The van der Waals surface area contributed by atoms with Crippen LogP contribution in [0, 0.1) is 6.92 Å². The van der Waals surface area contributed by atoms with E-state index >= 15 is 0 Å². The molecule has 0 amide bonds. The van der Waals surface area contributed by atoms with Gasteiger partial charge in [-0.1, -0.05) is 34.8 Å². The Morgan fingerprint density at radius 3 is 2.56 bits per heavy atom. The van der Waals surface area contributed by atoms with Crippen molar-refractivity contribution in [3.63, 3.8) is 0 Å². The van der Waals surface area contributed by atoms with Crippen LogP contribution in [0.25, 0.3) is 0 Å². The second-order valence-electron chi connectivity index (χ2n) is 3.78. The SMILES string of the molecule is Cc1csc(C(C)Nc2nc(Cl)c(Cl)cc2Cl)n1. The van der Waals surface area contributed by atoms with Gasteiger partial charge in [-0.2, -0.15) is 0 Å². The smallest absolute Gasteiger partial charge is 0.150 e. The molecule has 0 aromatic carbocycles. The molecule has 2 aromatic rings. The van der Waals surface area contributed by atoms with Crippen molar-refractivity contribution in [1.29, 1.82) is 0 Å². The highest BCUT2D eigenvalue weighted by Crippen LogP contribution is 2.31. The molecule has 0 aliphatic rings. The lowest BCUT2D eigenvalue weighted by atomic mass is 10.3. The van der Waals surface area contributed by atoms with Crippen molar-refractivity contribution in [3.8, 4) is 0 Å². The van der Waals surface area contributed by atoms with Crippen LogP contribution in [0.5, 0.6) is 0 Å². The van der Waals surface area contributed by atoms with Gasteiger partial charge in [0, 0.05) is 11.1 Å². The highest BCUT2D eigenvalue weighted by Gasteiger charge is 2.13. The number of hydrogen-bond donors (Lipinski definition) is 1. The first-order valence-electron chi connectivity index (χ1n) is 5.17. The molecule has 2 heterocycles. The molecule has 0 bridgehead atoms. The van der Waals surface area contributed by atoms with Gasteiger partial charge in [0.25, 0.3) is 0 Å². The van der Waals surface area contributed by atoms with E-state index in [0.29, 0.717) is 15.9 Å². The molecule has 0 fully saturated rings. The maximum absolute atomic E-state index is 6.05. The maximum atomic E-state index is 6.05. The van der Waals surface area contributed by atoms with E-state index in [-0.39, 0.29) is 11.2 Å². The molecular weight excluding hydrogens is 313 g/mol. The molecule has 0 saturated heterocycles. The van der Waals surface area contributed by atoms with Crippen LogP contribution in [0.1, 0.15) is 23.7 Å². The lowest BCUT2D eigenvalue weighted by Crippen LogP contribution is -2.08. The zero-order valence-electron chi connectivity index (χ0n) is 9.67. The average molecular weight is 323 g/mol. The number of aryl methyl sites for hydroxylation is 1. The Balaban J connectivity index is 2.21. The first-order chi connectivity index (χ1) is 8.47. The summed E-state index contributed by atoms with van der Waals surface area (Å²) in [6.45, 7) is 3.94. The Hall–Kier alpha value is -0.550. The molecule has 1 unspecified atom stereocenters. The minimum atomic E-state index is 0.00550. The lowest BCUT2D eigenvalue weighted by Gasteiger charge is -2.13. The Bertz CT molecular complexity index is 571. The number of anilines is 1. The van der Waals surface area contributed by atoms with Crippen molar-refractivity contribution in [1.82, 2.24) is 9.97 Å². The molecule has 3 nitrogen and oxygen atoms in total. The van der Waals surface area contributed by atoms with Gasteiger partial charge in [0.2, 0.25) is 0 Å². The molecule has 0 spiro atoms. The third kappa shape index (κ3) is 3.06. The van der Waals surface area contributed by atoms with Crippen LogP contribution in [0.4, 0.5) is 5.82 Å². The van der Waals surface area contributed by atoms with Gasteiger partial charge in [-0.25, -0.2) is 9.97 Å². The highest BCUT2D eigenvalue weighted by molar-refractivity contribution is 7.09. The summed E-state index contributed by atoms with van der Waals surface area (Å²) in [5.41, 5.74) is 0.997. The summed E-state index contributed by atoms with van der Waals surface area (Å²) in [7, 11) is 0. The Labute approximate surface area is 124 Å². The average Bonchev–Trinajstić information content (AvgIpc) is 2.73. The predicted molar refractivity (Wildman–Crippen MR) is 78.2 cm³/mol. The molecule has 1 N–H and O–H groups in total. The van der Waals surface area contributed by atoms with Crippen LogP contribution in [-0.4, -0.2) is 9.97 Å². The van der Waals surface area contributed by atoms with Crippen molar-refractivity contribution in [2.75, 3.05) is 5.32 Å². The molecule has 96 valence electrons. The third-order valence-electron chi connectivity index (χ3n) is 2.25. The number of nitrogens with one attached hydrogen (secondary N) is 1. The van der Waals surface area contributed by atoms with Gasteiger partial charge in [0.15, 0.2) is 0 Å². The quantitative estimate of drug-likeness (QED) is 0.810. The molecule has 18 heavy (non-hydrogen) atoms. The molecular formula is C11H10Cl3N3S. The monoisotopic (exact) mass is 321 g/mol. The first-order valence-corrected chi connectivity index (χ1v) is 7.19. The largest absolute Gasteiger partial charge is 0.360 e. The number of rotatable bonds is 3. The molecule has 0 aliphatic heterocycles. The Morgan fingerprint density at radius 2 is 1.94 bits per heavy atom. The van der Waals surface area contributed by atoms with Crippen molar-refractivity contribution in [2.24, 2.45) is 0 Å². The summed E-state index contributed by atoms with van der Waals surface area (Å²) < 4.78 is 0. The first kappa shape index (κ1) is 13.9. The van der Waals surface area contributed by atoms with Gasteiger partial charge in [-0.05, 0) is 19.9 Å². The van der Waals surface area contributed by atoms with Crippen molar-refractivity contribution in [2.45, 2.75) is 19.9 Å². The Kier molecular flexibility index (Phi) is 4.33. The minimum Gasteiger partial charge on any atom is -0.360 e. The molecule has 7 heteroatoms. The van der Waals surface area contributed by atoms with Gasteiger partial charge >= 0.3 is 0 Å². The second kappa shape index (κ2) is 5.61. The zero-order valence-corrected chi connectivity index (χ0v) is 12.8. The van der Waals surface area contributed by atoms with E-state index in [1.54, 1.807) is 17.4 Å². The van der Waals surface area contributed by atoms with Crippen LogP contribution in [0.2, 0.25) is 15.2 Å². The lowest BCUT2D eigenvalue weighted by molar-refractivity contribution is 0.855. The van der Waals surface area contributed by atoms with E-state index in [0.717, 1.165) is 10.7 Å². The number of thiazole rings is 1. The van der Waals surface area contributed by atoms with E-state index in [1.807, 2.05) is 19.2 Å². The molecule has 0 radical (unpaired) electrons. The van der Waals surface area contributed by atoms with Crippen molar-refractivity contribution in [3.05, 3.63) is 37.3 Å². The van der Waals surface area contributed by atoms with Crippen molar-refractivity contribution >= 4 is 52.0 Å². The van der Waals surface area contributed by atoms with E-state index in [9.17, 15) is 0 Å². The zero-order chi connectivity index (χ0) is 13.3. The number of nitrogens with zero attached hydrogens (tertiary/aromatic N) is 2. The Morgan fingerprint density at radius 1 is 1.22 bits per heavy atom.